The standard InChI is InChI=1S/C18H23NO2/c1-5-20-15-7-6-8-16(18(15)19)21-17-11-14(12(2)3)10-9-13(17)4/h6-12H,5,19H2,1-4H3. The van der Waals surface area contributed by atoms with Crippen LogP contribution in [0.15, 0.2) is 36.4 Å². The molecule has 112 valence electrons. The Bertz CT molecular complexity index is 621. The lowest BCUT2D eigenvalue weighted by Gasteiger charge is -2.15. The number of ether oxygens (including phenoxy) is 2. The van der Waals surface area contributed by atoms with Crippen molar-refractivity contribution in [1.82, 2.24) is 0 Å². The Balaban J connectivity index is 2.34. The average molecular weight is 285 g/mol. The molecule has 0 saturated carbocycles. The van der Waals surface area contributed by atoms with Gasteiger partial charge in [-0.2, -0.15) is 0 Å². The highest BCUT2D eigenvalue weighted by Crippen LogP contribution is 2.36. The largest absolute Gasteiger partial charge is 0.492 e. The first kappa shape index (κ1) is 15.2. The minimum Gasteiger partial charge on any atom is -0.492 e. The average Bonchev–Trinajstić information content (AvgIpc) is 2.45. The zero-order valence-corrected chi connectivity index (χ0v) is 13.1. The lowest BCUT2D eigenvalue weighted by atomic mass is 10.0. The van der Waals surface area contributed by atoms with Crippen LogP contribution in [0.25, 0.3) is 0 Å². The number of hydrogen-bond donors (Lipinski definition) is 1. The van der Waals surface area contributed by atoms with Gasteiger partial charge >= 0.3 is 0 Å². The highest BCUT2D eigenvalue weighted by atomic mass is 16.5. The van der Waals surface area contributed by atoms with E-state index in [1.807, 2.05) is 32.0 Å². The lowest BCUT2D eigenvalue weighted by molar-refractivity contribution is 0.340. The van der Waals surface area contributed by atoms with E-state index in [1.54, 1.807) is 0 Å². The fraction of sp³-hybridized carbons (Fsp3) is 0.333. The molecule has 0 radical (unpaired) electrons. The third kappa shape index (κ3) is 3.48. The molecule has 2 aromatic rings. The SMILES string of the molecule is CCOc1cccc(Oc2cc(C(C)C)ccc2C)c1N. The molecule has 0 aliphatic carbocycles. The summed E-state index contributed by atoms with van der Waals surface area (Å²) < 4.78 is 11.5. The third-order valence-electron chi connectivity index (χ3n) is 3.42. The number of para-hydroxylation sites is 1. The molecular weight excluding hydrogens is 262 g/mol. The van der Waals surface area contributed by atoms with Gasteiger partial charge in [-0.1, -0.05) is 32.0 Å². The van der Waals surface area contributed by atoms with Crippen LogP contribution in [0.3, 0.4) is 0 Å². The molecule has 3 nitrogen and oxygen atoms in total. The Kier molecular flexibility index (Phi) is 4.73. The van der Waals surface area contributed by atoms with E-state index in [4.69, 9.17) is 15.2 Å². The molecule has 0 atom stereocenters. The van der Waals surface area contributed by atoms with Gasteiger partial charge in [0.25, 0.3) is 0 Å². The summed E-state index contributed by atoms with van der Waals surface area (Å²) in [7, 11) is 0. The zero-order valence-electron chi connectivity index (χ0n) is 13.1. The fourth-order valence-electron chi connectivity index (χ4n) is 2.10. The smallest absolute Gasteiger partial charge is 0.154 e. The molecule has 2 aromatic carbocycles. The molecule has 0 saturated heterocycles. The van der Waals surface area contributed by atoms with Crippen molar-refractivity contribution in [3.8, 4) is 17.2 Å². The summed E-state index contributed by atoms with van der Waals surface area (Å²) in [6.07, 6.45) is 0. The second kappa shape index (κ2) is 6.53. The third-order valence-corrected chi connectivity index (χ3v) is 3.42. The molecule has 0 amide bonds. The minimum absolute atomic E-state index is 0.458. The van der Waals surface area contributed by atoms with Crippen LogP contribution in [0.4, 0.5) is 5.69 Å². The van der Waals surface area contributed by atoms with E-state index >= 15 is 0 Å². The summed E-state index contributed by atoms with van der Waals surface area (Å²) in [5, 5.41) is 0. The molecular formula is C18H23NO2. The van der Waals surface area contributed by atoms with Crippen molar-refractivity contribution < 1.29 is 9.47 Å². The topological polar surface area (TPSA) is 44.5 Å². The van der Waals surface area contributed by atoms with Crippen LogP contribution in [-0.4, -0.2) is 6.61 Å². The highest BCUT2D eigenvalue weighted by molar-refractivity contribution is 5.63. The van der Waals surface area contributed by atoms with Gasteiger partial charge in [-0.05, 0) is 49.1 Å². The monoisotopic (exact) mass is 285 g/mol. The molecule has 0 aliphatic rings. The lowest BCUT2D eigenvalue weighted by Crippen LogP contribution is -2.00. The van der Waals surface area contributed by atoms with Crippen molar-refractivity contribution in [1.29, 1.82) is 0 Å². The normalized spacial score (nSPS) is 10.7. The van der Waals surface area contributed by atoms with Crippen molar-refractivity contribution in [2.75, 3.05) is 12.3 Å². The molecule has 0 bridgehead atoms. The molecule has 0 fully saturated rings. The molecule has 2 rings (SSSR count). The van der Waals surface area contributed by atoms with Crippen molar-refractivity contribution in [2.24, 2.45) is 0 Å². The molecule has 21 heavy (non-hydrogen) atoms. The second-order valence-corrected chi connectivity index (χ2v) is 5.38. The van der Waals surface area contributed by atoms with Gasteiger partial charge in [0.1, 0.15) is 17.2 Å². The van der Waals surface area contributed by atoms with E-state index in [0.717, 1.165) is 11.3 Å². The second-order valence-electron chi connectivity index (χ2n) is 5.38. The van der Waals surface area contributed by atoms with E-state index in [-0.39, 0.29) is 0 Å². The highest BCUT2D eigenvalue weighted by Gasteiger charge is 2.10. The van der Waals surface area contributed by atoms with Crippen molar-refractivity contribution in [3.05, 3.63) is 47.5 Å². The summed E-state index contributed by atoms with van der Waals surface area (Å²) in [5.74, 6) is 2.58. The maximum atomic E-state index is 6.12. The Morgan fingerprint density at radius 1 is 1.05 bits per heavy atom. The van der Waals surface area contributed by atoms with Gasteiger partial charge in [0.2, 0.25) is 0 Å². The van der Waals surface area contributed by atoms with Crippen molar-refractivity contribution >= 4 is 5.69 Å². The van der Waals surface area contributed by atoms with E-state index < -0.39 is 0 Å². The predicted molar refractivity (Wildman–Crippen MR) is 87.4 cm³/mol. The van der Waals surface area contributed by atoms with Gasteiger partial charge in [0, 0.05) is 0 Å². The number of hydrogen-bond acceptors (Lipinski definition) is 3. The van der Waals surface area contributed by atoms with Gasteiger partial charge in [-0.15, -0.1) is 0 Å². The number of anilines is 1. The number of rotatable bonds is 5. The van der Waals surface area contributed by atoms with Gasteiger partial charge in [0.05, 0.1) is 6.61 Å². The van der Waals surface area contributed by atoms with Crippen molar-refractivity contribution in [2.45, 2.75) is 33.6 Å². The maximum absolute atomic E-state index is 6.12. The molecule has 0 unspecified atom stereocenters. The molecule has 2 N–H and O–H groups in total. The first-order chi connectivity index (χ1) is 10.0. The van der Waals surface area contributed by atoms with Gasteiger partial charge in [-0.25, -0.2) is 0 Å². The van der Waals surface area contributed by atoms with Crippen LogP contribution in [0.5, 0.6) is 17.2 Å². The number of nitrogen functional groups attached to an aromatic ring is 1. The zero-order chi connectivity index (χ0) is 15.4. The van der Waals surface area contributed by atoms with E-state index in [2.05, 4.69) is 32.0 Å². The van der Waals surface area contributed by atoms with Crippen LogP contribution in [0.1, 0.15) is 37.8 Å². The minimum atomic E-state index is 0.458. The first-order valence-corrected chi connectivity index (χ1v) is 7.32. The van der Waals surface area contributed by atoms with Gasteiger partial charge in [-0.3, -0.25) is 0 Å². The molecule has 0 spiro atoms. The van der Waals surface area contributed by atoms with Crippen LogP contribution < -0.4 is 15.2 Å². The molecule has 3 heteroatoms. The summed E-state index contributed by atoms with van der Waals surface area (Å²) >= 11 is 0. The summed E-state index contributed by atoms with van der Waals surface area (Å²) in [5.41, 5.74) is 8.98. The Morgan fingerprint density at radius 3 is 2.43 bits per heavy atom. The number of benzene rings is 2. The first-order valence-electron chi connectivity index (χ1n) is 7.32. The number of aryl methyl sites for hydroxylation is 1. The maximum Gasteiger partial charge on any atom is 0.154 e. The Labute approximate surface area is 126 Å². The summed E-state index contributed by atoms with van der Waals surface area (Å²) in [6, 6.07) is 11.9. The van der Waals surface area contributed by atoms with Crippen LogP contribution >= 0.6 is 0 Å². The predicted octanol–water partition coefficient (Wildman–Crippen LogP) is 4.89. The Morgan fingerprint density at radius 2 is 1.76 bits per heavy atom. The fourth-order valence-corrected chi connectivity index (χ4v) is 2.10. The quantitative estimate of drug-likeness (QED) is 0.795. The van der Waals surface area contributed by atoms with Gasteiger partial charge in [0.15, 0.2) is 5.75 Å². The number of nitrogens with two attached hydrogens (primary N) is 1. The van der Waals surface area contributed by atoms with E-state index in [1.165, 1.54) is 5.56 Å². The molecule has 0 aromatic heterocycles. The van der Waals surface area contributed by atoms with E-state index in [0.29, 0.717) is 29.7 Å². The molecule has 0 heterocycles. The van der Waals surface area contributed by atoms with Crippen LogP contribution in [0, 0.1) is 6.92 Å². The summed E-state index contributed by atoms with van der Waals surface area (Å²) in [6.45, 7) is 8.87. The Hall–Kier alpha value is -2.16. The van der Waals surface area contributed by atoms with E-state index in [9.17, 15) is 0 Å². The summed E-state index contributed by atoms with van der Waals surface area (Å²) in [4.78, 5) is 0. The molecule has 0 aliphatic heterocycles. The van der Waals surface area contributed by atoms with Crippen LogP contribution in [-0.2, 0) is 0 Å². The van der Waals surface area contributed by atoms with Gasteiger partial charge < -0.3 is 15.2 Å². The van der Waals surface area contributed by atoms with Crippen molar-refractivity contribution in [3.63, 3.8) is 0 Å². The van der Waals surface area contributed by atoms with Crippen LogP contribution in [0.2, 0.25) is 0 Å².